The second-order valence-electron chi connectivity index (χ2n) is 6.05. The maximum Gasteiger partial charge on any atom is 0.203 e. The largest absolute Gasteiger partial charge is 0.483 e. The van der Waals surface area contributed by atoms with E-state index >= 15 is 0 Å². The molecule has 0 N–H and O–H groups in total. The third kappa shape index (κ3) is 3.34. The molecule has 0 heterocycles. The molecule has 0 radical (unpaired) electrons. The highest BCUT2D eigenvalue weighted by Crippen LogP contribution is 2.24. The van der Waals surface area contributed by atoms with Crippen molar-refractivity contribution in [2.45, 2.75) is 39.2 Å². The van der Waals surface area contributed by atoms with Gasteiger partial charge in [0.1, 0.15) is 5.75 Å². The summed E-state index contributed by atoms with van der Waals surface area (Å²) < 4.78 is 5.74. The molecule has 1 aliphatic carbocycles. The first-order valence-corrected chi connectivity index (χ1v) is 7.98. The molecule has 0 saturated carbocycles. The molecule has 2 aromatic rings. The Labute approximate surface area is 136 Å². The molecule has 0 aromatic heterocycles. The fourth-order valence-electron chi connectivity index (χ4n) is 3.01. The molecule has 0 saturated heterocycles. The Hall–Kier alpha value is -2.42. The highest BCUT2D eigenvalue weighted by molar-refractivity contribution is 5.99. The Morgan fingerprint density at radius 3 is 2.57 bits per heavy atom. The molecule has 3 heteroatoms. The van der Waals surface area contributed by atoms with Crippen molar-refractivity contribution in [3.8, 4) is 5.75 Å². The van der Waals surface area contributed by atoms with Gasteiger partial charge in [0.25, 0.3) is 0 Å². The molecule has 1 aliphatic rings. The number of hydrogen-bond acceptors (Lipinski definition) is 3. The van der Waals surface area contributed by atoms with Crippen LogP contribution in [0.3, 0.4) is 0 Å². The second-order valence-corrected chi connectivity index (χ2v) is 6.05. The van der Waals surface area contributed by atoms with Crippen LogP contribution in [0, 0.1) is 0 Å². The Balaban J connectivity index is 1.75. The quantitative estimate of drug-likeness (QED) is 0.783. The van der Waals surface area contributed by atoms with E-state index in [0.29, 0.717) is 16.9 Å². The fraction of sp³-hybridized carbons (Fsp3) is 0.300. The van der Waals surface area contributed by atoms with Crippen LogP contribution in [-0.2, 0) is 12.8 Å². The molecule has 118 valence electrons. The highest BCUT2D eigenvalue weighted by Gasteiger charge is 2.20. The van der Waals surface area contributed by atoms with Gasteiger partial charge in [-0.1, -0.05) is 24.3 Å². The number of carbonyl (C=O) groups excluding carboxylic acids is 2. The predicted molar refractivity (Wildman–Crippen MR) is 89.3 cm³/mol. The average Bonchev–Trinajstić information content (AvgIpc) is 3.01. The number of ether oxygens (including phenoxy) is 1. The molecule has 0 spiro atoms. The summed E-state index contributed by atoms with van der Waals surface area (Å²) in [7, 11) is 0. The molecule has 3 rings (SSSR count). The van der Waals surface area contributed by atoms with Gasteiger partial charge in [-0.05, 0) is 62.4 Å². The van der Waals surface area contributed by atoms with Crippen LogP contribution >= 0.6 is 0 Å². The normalized spacial score (nSPS) is 14.2. The van der Waals surface area contributed by atoms with Crippen LogP contribution < -0.4 is 4.74 Å². The van der Waals surface area contributed by atoms with Crippen LogP contribution in [0.4, 0.5) is 0 Å². The van der Waals surface area contributed by atoms with E-state index in [1.54, 1.807) is 31.2 Å². The number of aryl methyl sites for hydroxylation is 2. The molecule has 0 bridgehead atoms. The number of benzene rings is 2. The number of ketones is 2. The van der Waals surface area contributed by atoms with E-state index in [2.05, 4.69) is 6.07 Å². The number of Topliss-reactive ketones (excluding diaryl/α,β-unsaturated/α-hetero) is 2. The summed E-state index contributed by atoms with van der Waals surface area (Å²) in [6.45, 7) is 3.26. The molecule has 1 atom stereocenters. The van der Waals surface area contributed by atoms with Gasteiger partial charge in [0, 0.05) is 11.1 Å². The third-order valence-electron chi connectivity index (χ3n) is 4.31. The molecule has 0 amide bonds. The number of rotatable bonds is 5. The van der Waals surface area contributed by atoms with Crippen molar-refractivity contribution in [1.29, 1.82) is 0 Å². The molecule has 2 aromatic carbocycles. The van der Waals surface area contributed by atoms with Crippen molar-refractivity contribution in [2.75, 3.05) is 0 Å². The summed E-state index contributed by atoms with van der Waals surface area (Å²) in [5.41, 5.74) is 3.91. The monoisotopic (exact) mass is 308 g/mol. The van der Waals surface area contributed by atoms with Gasteiger partial charge in [0.05, 0.1) is 0 Å². The Kier molecular flexibility index (Phi) is 4.28. The topological polar surface area (TPSA) is 43.4 Å². The van der Waals surface area contributed by atoms with E-state index in [9.17, 15) is 9.59 Å². The van der Waals surface area contributed by atoms with Gasteiger partial charge >= 0.3 is 0 Å². The first kappa shape index (κ1) is 15.5. The summed E-state index contributed by atoms with van der Waals surface area (Å²) in [5, 5.41) is 0. The maximum absolute atomic E-state index is 12.6. The zero-order valence-corrected chi connectivity index (χ0v) is 13.5. The Morgan fingerprint density at radius 1 is 1.00 bits per heavy atom. The lowest BCUT2D eigenvalue weighted by atomic mass is 10.0. The Morgan fingerprint density at radius 2 is 1.78 bits per heavy atom. The molecular weight excluding hydrogens is 288 g/mol. The van der Waals surface area contributed by atoms with E-state index in [4.69, 9.17) is 4.74 Å². The predicted octanol–water partition coefficient (Wildman–Crippen LogP) is 4.03. The minimum absolute atomic E-state index is 0.0203. The van der Waals surface area contributed by atoms with Crippen LogP contribution in [0.5, 0.6) is 5.75 Å². The minimum atomic E-state index is -0.586. The summed E-state index contributed by atoms with van der Waals surface area (Å²) in [5.74, 6) is 0.487. The van der Waals surface area contributed by atoms with E-state index in [1.807, 2.05) is 12.1 Å². The first-order valence-electron chi connectivity index (χ1n) is 7.98. The molecule has 0 unspecified atom stereocenters. The SMILES string of the molecule is CC(=O)c1cccc(O[C@@H](C)C(=O)c2ccc3c(c2)CCC3)c1. The van der Waals surface area contributed by atoms with Gasteiger partial charge in [-0.3, -0.25) is 9.59 Å². The zero-order valence-electron chi connectivity index (χ0n) is 13.5. The van der Waals surface area contributed by atoms with Crippen molar-refractivity contribution in [2.24, 2.45) is 0 Å². The van der Waals surface area contributed by atoms with Crippen molar-refractivity contribution in [3.05, 3.63) is 64.7 Å². The standard InChI is InChI=1S/C20H20O3/c1-13(21)16-6-4-8-19(12-16)23-14(2)20(22)18-10-9-15-5-3-7-17(15)11-18/h4,6,8-12,14H,3,5,7H2,1-2H3/t14-/m0/s1. The van der Waals surface area contributed by atoms with E-state index in [-0.39, 0.29) is 11.6 Å². The number of fused-ring (bicyclic) bond motifs is 1. The van der Waals surface area contributed by atoms with Crippen molar-refractivity contribution >= 4 is 11.6 Å². The van der Waals surface area contributed by atoms with Crippen LogP contribution in [0.1, 0.15) is 52.1 Å². The van der Waals surface area contributed by atoms with Crippen molar-refractivity contribution < 1.29 is 14.3 Å². The van der Waals surface area contributed by atoms with E-state index in [0.717, 1.165) is 19.3 Å². The average molecular weight is 308 g/mol. The minimum Gasteiger partial charge on any atom is -0.483 e. The van der Waals surface area contributed by atoms with Crippen LogP contribution in [-0.4, -0.2) is 17.7 Å². The molecule has 0 aliphatic heterocycles. The third-order valence-corrected chi connectivity index (χ3v) is 4.31. The van der Waals surface area contributed by atoms with Gasteiger partial charge in [-0.25, -0.2) is 0 Å². The molecule has 23 heavy (non-hydrogen) atoms. The van der Waals surface area contributed by atoms with Gasteiger partial charge < -0.3 is 4.74 Å². The zero-order chi connectivity index (χ0) is 16.4. The maximum atomic E-state index is 12.6. The lowest BCUT2D eigenvalue weighted by Gasteiger charge is -2.15. The Bertz CT molecular complexity index is 761. The van der Waals surface area contributed by atoms with Crippen LogP contribution in [0.15, 0.2) is 42.5 Å². The van der Waals surface area contributed by atoms with Crippen LogP contribution in [0.2, 0.25) is 0 Å². The van der Waals surface area contributed by atoms with E-state index < -0.39 is 6.10 Å². The lowest BCUT2D eigenvalue weighted by molar-refractivity contribution is 0.0818. The smallest absolute Gasteiger partial charge is 0.203 e. The summed E-state index contributed by atoms with van der Waals surface area (Å²) in [6.07, 6.45) is 2.73. The van der Waals surface area contributed by atoms with Gasteiger partial charge in [-0.15, -0.1) is 0 Å². The van der Waals surface area contributed by atoms with Gasteiger partial charge in [-0.2, -0.15) is 0 Å². The van der Waals surface area contributed by atoms with E-state index in [1.165, 1.54) is 18.1 Å². The molecular formula is C20H20O3. The summed E-state index contributed by atoms with van der Waals surface area (Å²) in [4.78, 5) is 24.0. The number of hydrogen-bond donors (Lipinski definition) is 0. The summed E-state index contributed by atoms with van der Waals surface area (Å²) >= 11 is 0. The van der Waals surface area contributed by atoms with Crippen molar-refractivity contribution in [1.82, 2.24) is 0 Å². The van der Waals surface area contributed by atoms with Gasteiger partial charge in [0.2, 0.25) is 5.78 Å². The second kappa shape index (κ2) is 6.37. The molecule has 3 nitrogen and oxygen atoms in total. The lowest BCUT2D eigenvalue weighted by Crippen LogP contribution is -2.24. The fourth-order valence-corrected chi connectivity index (χ4v) is 3.01. The van der Waals surface area contributed by atoms with Crippen LogP contribution in [0.25, 0.3) is 0 Å². The first-order chi connectivity index (χ1) is 11.0. The van der Waals surface area contributed by atoms with Gasteiger partial charge in [0.15, 0.2) is 11.9 Å². The highest BCUT2D eigenvalue weighted by atomic mass is 16.5. The number of carbonyl (C=O) groups is 2. The summed E-state index contributed by atoms with van der Waals surface area (Å²) in [6, 6.07) is 12.9. The van der Waals surface area contributed by atoms with Crippen molar-refractivity contribution in [3.63, 3.8) is 0 Å². The molecule has 0 fully saturated rings.